The molecular formula is C20H19N5O. The summed E-state index contributed by atoms with van der Waals surface area (Å²) in [6.45, 7) is 1.66. The van der Waals surface area contributed by atoms with Crippen LogP contribution in [0.2, 0.25) is 0 Å². The summed E-state index contributed by atoms with van der Waals surface area (Å²) in [5.74, 6) is 1.43. The Kier molecular flexibility index (Phi) is 3.31. The van der Waals surface area contributed by atoms with Crippen molar-refractivity contribution in [2.45, 2.75) is 19.4 Å². The molecule has 2 aromatic carbocycles. The molecule has 0 N–H and O–H groups in total. The van der Waals surface area contributed by atoms with E-state index in [0.717, 1.165) is 30.7 Å². The molecule has 1 aliphatic rings. The van der Waals surface area contributed by atoms with Gasteiger partial charge in [0.2, 0.25) is 5.78 Å². The lowest BCUT2D eigenvalue weighted by Gasteiger charge is -2.30. The Morgan fingerprint density at radius 2 is 1.85 bits per heavy atom. The minimum atomic E-state index is -0.0460. The van der Waals surface area contributed by atoms with Gasteiger partial charge in [-0.05, 0) is 36.6 Å². The fraction of sp³-hybridized carbons (Fsp3) is 0.250. The molecule has 0 spiro atoms. The lowest BCUT2D eigenvalue weighted by Crippen LogP contribution is -2.30. The normalized spacial score (nSPS) is 14.1. The second kappa shape index (κ2) is 5.69. The average Bonchev–Trinajstić information content (AvgIpc) is 3.10. The predicted molar refractivity (Wildman–Crippen MR) is 102 cm³/mol. The van der Waals surface area contributed by atoms with Crippen LogP contribution in [-0.4, -0.2) is 25.7 Å². The molecule has 1 aliphatic heterocycles. The zero-order valence-electron chi connectivity index (χ0n) is 14.6. The predicted octanol–water partition coefficient (Wildman–Crippen LogP) is 2.53. The van der Waals surface area contributed by atoms with Crippen LogP contribution in [0.5, 0.6) is 0 Å². The third kappa shape index (κ3) is 2.15. The Balaban J connectivity index is 1.69. The van der Waals surface area contributed by atoms with Gasteiger partial charge in [-0.25, -0.2) is 0 Å². The van der Waals surface area contributed by atoms with E-state index in [1.54, 1.807) is 11.6 Å². The van der Waals surface area contributed by atoms with Gasteiger partial charge in [-0.15, -0.1) is 10.2 Å². The molecule has 130 valence electrons. The third-order valence-electron chi connectivity index (χ3n) is 5.23. The standard InChI is InChI=1S/C20H19N5O/c1-23-19(26)15-9-3-5-11-17(15)25-18(21-22-20(23)25)13-24-12-6-8-14-7-2-4-10-16(14)24/h2-5,7,9-11H,6,8,12-13H2,1H3. The Labute approximate surface area is 150 Å². The van der Waals surface area contributed by atoms with Crippen molar-refractivity contribution < 1.29 is 0 Å². The maximum atomic E-state index is 12.6. The monoisotopic (exact) mass is 345 g/mol. The van der Waals surface area contributed by atoms with Crippen LogP contribution in [0.15, 0.2) is 53.3 Å². The number of rotatable bonds is 2. The molecule has 2 aromatic heterocycles. The van der Waals surface area contributed by atoms with Crippen LogP contribution in [0.25, 0.3) is 16.7 Å². The quantitative estimate of drug-likeness (QED) is 0.560. The molecule has 4 aromatic rings. The first-order chi connectivity index (χ1) is 12.7. The Morgan fingerprint density at radius 1 is 1.04 bits per heavy atom. The minimum Gasteiger partial charge on any atom is -0.364 e. The van der Waals surface area contributed by atoms with E-state index in [1.165, 1.54) is 11.3 Å². The van der Waals surface area contributed by atoms with Crippen LogP contribution >= 0.6 is 0 Å². The summed E-state index contributed by atoms with van der Waals surface area (Å²) < 4.78 is 3.58. The molecule has 26 heavy (non-hydrogen) atoms. The summed E-state index contributed by atoms with van der Waals surface area (Å²) in [7, 11) is 1.75. The maximum Gasteiger partial charge on any atom is 0.262 e. The van der Waals surface area contributed by atoms with Crippen molar-refractivity contribution in [3.63, 3.8) is 0 Å². The lowest BCUT2D eigenvalue weighted by molar-refractivity contribution is 0.671. The van der Waals surface area contributed by atoms with E-state index in [-0.39, 0.29) is 5.56 Å². The van der Waals surface area contributed by atoms with Gasteiger partial charge in [0.05, 0.1) is 17.4 Å². The van der Waals surface area contributed by atoms with Crippen LogP contribution < -0.4 is 10.5 Å². The molecule has 0 unspecified atom stereocenters. The summed E-state index contributed by atoms with van der Waals surface area (Å²) in [6, 6.07) is 16.2. The van der Waals surface area contributed by atoms with Gasteiger partial charge >= 0.3 is 0 Å². The molecule has 0 aliphatic carbocycles. The number of hydrogen-bond acceptors (Lipinski definition) is 4. The van der Waals surface area contributed by atoms with Crippen molar-refractivity contribution >= 4 is 22.4 Å². The number of fused-ring (bicyclic) bond motifs is 4. The molecule has 0 bridgehead atoms. The molecule has 0 saturated heterocycles. The van der Waals surface area contributed by atoms with Gasteiger partial charge in [0.1, 0.15) is 0 Å². The van der Waals surface area contributed by atoms with Crippen LogP contribution in [0.4, 0.5) is 5.69 Å². The number of anilines is 1. The van der Waals surface area contributed by atoms with Crippen molar-refractivity contribution in [1.29, 1.82) is 0 Å². The zero-order valence-corrected chi connectivity index (χ0v) is 14.6. The van der Waals surface area contributed by atoms with Crippen molar-refractivity contribution in [1.82, 2.24) is 19.2 Å². The van der Waals surface area contributed by atoms with E-state index < -0.39 is 0 Å². The first kappa shape index (κ1) is 15.1. The second-order valence-corrected chi connectivity index (χ2v) is 6.79. The van der Waals surface area contributed by atoms with Crippen molar-refractivity contribution in [2.24, 2.45) is 7.05 Å². The summed E-state index contributed by atoms with van der Waals surface area (Å²) in [4.78, 5) is 14.9. The second-order valence-electron chi connectivity index (χ2n) is 6.79. The van der Waals surface area contributed by atoms with Gasteiger partial charge in [0.15, 0.2) is 5.82 Å². The van der Waals surface area contributed by atoms with E-state index in [4.69, 9.17) is 0 Å². The Hall–Kier alpha value is -3.15. The number of para-hydroxylation sites is 2. The molecular weight excluding hydrogens is 326 g/mol. The number of hydrogen-bond donors (Lipinski definition) is 0. The van der Waals surface area contributed by atoms with Gasteiger partial charge < -0.3 is 4.90 Å². The van der Waals surface area contributed by atoms with E-state index in [0.29, 0.717) is 17.7 Å². The van der Waals surface area contributed by atoms with E-state index in [2.05, 4.69) is 39.4 Å². The number of aryl methyl sites for hydroxylation is 2. The van der Waals surface area contributed by atoms with E-state index in [1.807, 2.05) is 28.7 Å². The Bertz CT molecular complexity index is 1190. The van der Waals surface area contributed by atoms with E-state index >= 15 is 0 Å². The molecule has 0 radical (unpaired) electrons. The number of aromatic nitrogens is 4. The molecule has 0 fully saturated rings. The van der Waals surface area contributed by atoms with Crippen LogP contribution in [0, 0.1) is 0 Å². The number of benzene rings is 2. The van der Waals surface area contributed by atoms with E-state index in [9.17, 15) is 4.79 Å². The largest absolute Gasteiger partial charge is 0.364 e. The molecule has 6 nitrogen and oxygen atoms in total. The highest BCUT2D eigenvalue weighted by Crippen LogP contribution is 2.28. The molecule has 0 saturated carbocycles. The highest BCUT2D eigenvalue weighted by atomic mass is 16.1. The highest BCUT2D eigenvalue weighted by molar-refractivity contribution is 5.80. The molecule has 0 atom stereocenters. The Morgan fingerprint density at radius 3 is 2.77 bits per heavy atom. The first-order valence-corrected chi connectivity index (χ1v) is 8.88. The maximum absolute atomic E-state index is 12.6. The van der Waals surface area contributed by atoms with Crippen LogP contribution in [0.1, 0.15) is 17.8 Å². The molecule has 3 heterocycles. The van der Waals surface area contributed by atoms with Crippen molar-refractivity contribution in [3.05, 3.63) is 70.3 Å². The SMILES string of the molecule is Cn1c(=O)c2ccccc2n2c(CN3CCCc4ccccc43)nnc12. The summed E-state index contributed by atoms with van der Waals surface area (Å²) in [5, 5.41) is 9.41. The fourth-order valence-electron chi connectivity index (χ4n) is 3.94. The smallest absolute Gasteiger partial charge is 0.262 e. The van der Waals surface area contributed by atoms with Crippen LogP contribution in [0.3, 0.4) is 0 Å². The van der Waals surface area contributed by atoms with Gasteiger partial charge in [-0.2, -0.15) is 0 Å². The zero-order chi connectivity index (χ0) is 17.7. The summed E-state index contributed by atoms with van der Waals surface area (Å²) in [5.41, 5.74) is 3.46. The average molecular weight is 345 g/mol. The van der Waals surface area contributed by atoms with Crippen molar-refractivity contribution in [3.8, 4) is 0 Å². The van der Waals surface area contributed by atoms with Crippen LogP contribution in [-0.2, 0) is 20.0 Å². The lowest BCUT2D eigenvalue weighted by atomic mass is 10.0. The number of nitrogens with zero attached hydrogens (tertiary/aromatic N) is 5. The third-order valence-corrected chi connectivity index (χ3v) is 5.23. The molecule has 5 rings (SSSR count). The highest BCUT2D eigenvalue weighted by Gasteiger charge is 2.20. The first-order valence-electron chi connectivity index (χ1n) is 8.88. The van der Waals surface area contributed by atoms with Gasteiger partial charge in [0.25, 0.3) is 5.56 Å². The summed E-state index contributed by atoms with van der Waals surface area (Å²) >= 11 is 0. The summed E-state index contributed by atoms with van der Waals surface area (Å²) in [6.07, 6.45) is 2.25. The molecule has 0 amide bonds. The fourth-order valence-corrected chi connectivity index (χ4v) is 3.94. The molecule has 6 heteroatoms. The van der Waals surface area contributed by atoms with Gasteiger partial charge in [-0.3, -0.25) is 13.8 Å². The minimum absolute atomic E-state index is 0.0460. The van der Waals surface area contributed by atoms with Gasteiger partial charge in [0, 0.05) is 19.3 Å². The van der Waals surface area contributed by atoms with Gasteiger partial charge in [-0.1, -0.05) is 30.3 Å². The van der Waals surface area contributed by atoms with Crippen molar-refractivity contribution in [2.75, 3.05) is 11.4 Å². The topological polar surface area (TPSA) is 55.4 Å².